The monoisotopic (exact) mass is 423 g/mol. The van der Waals surface area contributed by atoms with Crippen LogP contribution >= 0.6 is 0 Å². The molecule has 8 nitrogen and oxygen atoms in total. The summed E-state index contributed by atoms with van der Waals surface area (Å²) in [7, 11) is 0. The van der Waals surface area contributed by atoms with Crippen LogP contribution in [0.2, 0.25) is 0 Å². The topological polar surface area (TPSA) is 114 Å². The van der Waals surface area contributed by atoms with Gasteiger partial charge in [-0.05, 0) is 31.4 Å². The summed E-state index contributed by atoms with van der Waals surface area (Å²) in [5.74, 6) is -0.214. The van der Waals surface area contributed by atoms with Crippen LogP contribution in [0.5, 0.6) is 0 Å². The molecule has 0 saturated heterocycles. The maximum atomic E-state index is 13.7. The fraction of sp³-hybridized carbons (Fsp3) is 0.391. The first-order chi connectivity index (χ1) is 14.7. The summed E-state index contributed by atoms with van der Waals surface area (Å²) in [5, 5.41) is 0.699. The minimum Gasteiger partial charge on any atom is -0.383 e. The highest BCUT2D eigenvalue weighted by Crippen LogP contribution is 2.25. The highest BCUT2D eigenvalue weighted by atomic mass is 16.2. The number of nitrogens with zero attached hydrogens (tertiary/aromatic N) is 3. The minimum atomic E-state index is -0.665. The Morgan fingerprint density at radius 1 is 1.26 bits per heavy atom. The standard InChI is InChI=1S/C23H29N5O3/c1-5-6-11-27(19-20(24)28(13-14(2)3)23(31)26-21(19)29)22(30)17-12-15(4)25-18-10-8-7-9-16(17)18/h7-10,12,14H,5-6,11,13,24H2,1-4H3,(H,26,29,31). The summed E-state index contributed by atoms with van der Waals surface area (Å²) in [6, 6.07) is 9.11. The van der Waals surface area contributed by atoms with Gasteiger partial charge < -0.3 is 10.6 Å². The molecule has 0 spiro atoms. The molecule has 0 fully saturated rings. The average molecular weight is 424 g/mol. The second kappa shape index (κ2) is 9.16. The number of carbonyl (C=O) groups excluding carboxylic acids is 1. The predicted molar refractivity (Wildman–Crippen MR) is 124 cm³/mol. The number of fused-ring (bicyclic) bond motifs is 1. The van der Waals surface area contributed by atoms with Gasteiger partial charge >= 0.3 is 5.69 Å². The highest BCUT2D eigenvalue weighted by molar-refractivity contribution is 6.14. The maximum absolute atomic E-state index is 13.7. The fourth-order valence-electron chi connectivity index (χ4n) is 3.65. The number of aromatic nitrogens is 3. The largest absolute Gasteiger partial charge is 0.383 e. The number of rotatable bonds is 7. The number of para-hydroxylation sites is 1. The number of carbonyl (C=O) groups is 1. The Morgan fingerprint density at radius 3 is 2.65 bits per heavy atom. The van der Waals surface area contributed by atoms with Gasteiger partial charge in [0, 0.05) is 24.2 Å². The summed E-state index contributed by atoms with van der Waals surface area (Å²) in [4.78, 5) is 47.1. The van der Waals surface area contributed by atoms with E-state index in [4.69, 9.17) is 5.73 Å². The highest BCUT2D eigenvalue weighted by Gasteiger charge is 2.26. The molecule has 8 heteroatoms. The summed E-state index contributed by atoms with van der Waals surface area (Å²) >= 11 is 0. The molecule has 0 aliphatic heterocycles. The van der Waals surface area contributed by atoms with Crippen LogP contribution in [0.3, 0.4) is 0 Å². The summed E-state index contributed by atoms with van der Waals surface area (Å²) in [6.07, 6.45) is 1.50. The van der Waals surface area contributed by atoms with Crippen LogP contribution in [-0.2, 0) is 6.54 Å². The van der Waals surface area contributed by atoms with Gasteiger partial charge in [-0.2, -0.15) is 0 Å². The second-order valence-electron chi connectivity index (χ2n) is 8.14. The van der Waals surface area contributed by atoms with E-state index < -0.39 is 11.2 Å². The molecule has 2 heterocycles. The van der Waals surface area contributed by atoms with Crippen molar-refractivity contribution < 1.29 is 4.79 Å². The molecule has 0 bridgehead atoms. The van der Waals surface area contributed by atoms with Gasteiger partial charge in [-0.15, -0.1) is 0 Å². The molecule has 3 rings (SSSR count). The van der Waals surface area contributed by atoms with E-state index in [1.165, 1.54) is 9.47 Å². The lowest BCUT2D eigenvalue weighted by Gasteiger charge is -2.25. The van der Waals surface area contributed by atoms with E-state index >= 15 is 0 Å². The van der Waals surface area contributed by atoms with Crippen molar-refractivity contribution in [2.24, 2.45) is 5.92 Å². The zero-order valence-electron chi connectivity index (χ0n) is 18.4. The first-order valence-corrected chi connectivity index (χ1v) is 10.5. The molecular formula is C23H29N5O3. The quantitative estimate of drug-likeness (QED) is 0.606. The minimum absolute atomic E-state index is 0.00184. The molecule has 0 radical (unpaired) electrons. The summed E-state index contributed by atoms with van der Waals surface area (Å²) < 4.78 is 1.32. The number of nitrogens with one attached hydrogen (secondary N) is 1. The van der Waals surface area contributed by atoms with Gasteiger partial charge in [-0.25, -0.2) is 4.79 Å². The third-order valence-corrected chi connectivity index (χ3v) is 5.09. The first kappa shape index (κ1) is 22.3. The smallest absolute Gasteiger partial charge is 0.330 e. The average Bonchev–Trinajstić information content (AvgIpc) is 2.72. The van der Waals surface area contributed by atoms with E-state index in [1.807, 2.05) is 52.0 Å². The third-order valence-electron chi connectivity index (χ3n) is 5.09. The van der Waals surface area contributed by atoms with Crippen LogP contribution in [0.15, 0.2) is 39.9 Å². The van der Waals surface area contributed by atoms with Crippen LogP contribution in [0.1, 0.15) is 49.7 Å². The Hall–Kier alpha value is -3.42. The lowest BCUT2D eigenvalue weighted by Crippen LogP contribution is -2.42. The van der Waals surface area contributed by atoms with E-state index in [-0.39, 0.29) is 23.3 Å². The molecule has 164 valence electrons. The molecule has 0 saturated carbocycles. The molecule has 0 aliphatic carbocycles. The van der Waals surface area contributed by atoms with Crippen molar-refractivity contribution in [3.63, 3.8) is 0 Å². The van der Waals surface area contributed by atoms with E-state index in [9.17, 15) is 14.4 Å². The zero-order chi connectivity index (χ0) is 22.7. The SMILES string of the molecule is CCCCN(C(=O)c1cc(C)nc2ccccc12)c1c(N)n(CC(C)C)c(=O)[nH]c1=O. The number of aromatic amines is 1. The van der Waals surface area contributed by atoms with Gasteiger partial charge in [0.2, 0.25) is 0 Å². The van der Waals surface area contributed by atoms with Gasteiger partial charge in [-0.1, -0.05) is 45.4 Å². The molecular weight excluding hydrogens is 394 g/mol. The number of aryl methyl sites for hydroxylation is 1. The predicted octanol–water partition coefficient (Wildman–Crippen LogP) is 3.08. The fourth-order valence-corrected chi connectivity index (χ4v) is 3.65. The first-order valence-electron chi connectivity index (χ1n) is 10.5. The van der Waals surface area contributed by atoms with Gasteiger partial charge in [0.1, 0.15) is 5.82 Å². The molecule has 2 aromatic heterocycles. The number of H-pyrrole nitrogens is 1. The summed E-state index contributed by atoms with van der Waals surface area (Å²) in [5.41, 5.74) is 6.92. The van der Waals surface area contributed by atoms with Crippen molar-refractivity contribution in [1.29, 1.82) is 0 Å². The van der Waals surface area contributed by atoms with E-state index in [0.717, 1.165) is 6.42 Å². The second-order valence-corrected chi connectivity index (χ2v) is 8.14. The van der Waals surface area contributed by atoms with Crippen LogP contribution < -0.4 is 21.9 Å². The molecule has 0 atom stereocenters. The maximum Gasteiger partial charge on any atom is 0.330 e. The Balaban J connectivity index is 2.22. The van der Waals surface area contributed by atoms with Crippen LogP contribution in [0.25, 0.3) is 10.9 Å². The molecule has 31 heavy (non-hydrogen) atoms. The number of hydrogen-bond acceptors (Lipinski definition) is 5. The molecule has 3 N–H and O–H groups in total. The molecule has 0 aliphatic rings. The van der Waals surface area contributed by atoms with Crippen LogP contribution in [-0.4, -0.2) is 27.0 Å². The number of pyridine rings is 1. The van der Waals surface area contributed by atoms with Crippen molar-refractivity contribution in [3.05, 3.63) is 62.4 Å². The summed E-state index contributed by atoms with van der Waals surface area (Å²) in [6.45, 7) is 8.36. The molecule has 0 unspecified atom stereocenters. The van der Waals surface area contributed by atoms with Crippen molar-refractivity contribution in [2.75, 3.05) is 17.2 Å². The molecule has 3 aromatic rings. The lowest BCUT2D eigenvalue weighted by atomic mass is 10.1. The number of unbranched alkanes of at least 4 members (excludes halogenated alkanes) is 1. The van der Waals surface area contributed by atoms with E-state index in [1.54, 1.807) is 6.07 Å². The zero-order valence-corrected chi connectivity index (χ0v) is 18.4. The van der Waals surface area contributed by atoms with E-state index in [2.05, 4.69) is 9.97 Å². The Kier molecular flexibility index (Phi) is 6.58. The third kappa shape index (κ3) is 4.52. The Labute approximate surface area is 180 Å². The number of amides is 1. The van der Waals surface area contributed by atoms with Crippen molar-refractivity contribution in [3.8, 4) is 0 Å². The lowest BCUT2D eigenvalue weighted by molar-refractivity contribution is 0.0987. The molecule has 1 amide bonds. The number of nitrogen functional groups attached to an aromatic ring is 1. The van der Waals surface area contributed by atoms with E-state index in [0.29, 0.717) is 41.7 Å². The number of anilines is 2. The van der Waals surface area contributed by atoms with Gasteiger partial charge in [0.15, 0.2) is 5.69 Å². The molecule has 1 aromatic carbocycles. The van der Waals surface area contributed by atoms with Crippen molar-refractivity contribution in [1.82, 2.24) is 14.5 Å². The normalized spacial score (nSPS) is 11.3. The van der Waals surface area contributed by atoms with Gasteiger partial charge in [0.25, 0.3) is 11.5 Å². The van der Waals surface area contributed by atoms with Gasteiger partial charge in [0.05, 0.1) is 11.1 Å². The Morgan fingerprint density at radius 2 is 1.97 bits per heavy atom. The number of benzene rings is 1. The number of nitrogens with two attached hydrogens (primary N) is 1. The Bertz CT molecular complexity index is 1230. The van der Waals surface area contributed by atoms with Crippen molar-refractivity contribution in [2.45, 2.75) is 47.1 Å². The van der Waals surface area contributed by atoms with Crippen LogP contribution in [0, 0.1) is 12.8 Å². The van der Waals surface area contributed by atoms with Gasteiger partial charge in [-0.3, -0.25) is 24.1 Å². The van der Waals surface area contributed by atoms with Crippen LogP contribution in [0.4, 0.5) is 11.5 Å². The van der Waals surface area contributed by atoms with Crippen molar-refractivity contribution >= 4 is 28.3 Å². The number of hydrogen-bond donors (Lipinski definition) is 2.